The maximum absolute atomic E-state index is 13.2. The van der Waals surface area contributed by atoms with E-state index >= 15 is 0 Å². The molecule has 4 nitrogen and oxygen atoms in total. The van der Waals surface area contributed by atoms with Crippen LogP contribution in [0.2, 0.25) is 0 Å². The molecule has 0 saturated carbocycles. The highest BCUT2D eigenvalue weighted by Gasteiger charge is 2.20. The summed E-state index contributed by atoms with van der Waals surface area (Å²) in [6.45, 7) is 11.7. The van der Waals surface area contributed by atoms with Gasteiger partial charge in [-0.3, -0.25) is 4.79 Å². The summed E-state index contributed by atoms with van der Waals surface area (Å²) >= 11 is 0. The van der Waals surface area contributed by atoms with Crippen molar-refractivity contribution in [3.05, 3.63) is 53.6 Å². The van der Waals surface area contributed by atoms with E-state index in [2.05, 4.69) is 0 Å². The lowest BCUT2D eigenvalue weighted by Crippen LogP contribution is -2.14. The Labute approximate surface area is 156 Å². The van der Waals surface area contributed by atoms with Crippen LogP contribution in [0, 0.1) is 0 Å². The van der Waals surface area contributed by atoms with Crippen molar-refractivity contribution in [2.45, 2.75) is 59.9 Å². The first kappa shape index (κ1) is 19.8. The van der Waals surface area contributed by atoms with Gasteiger partial charge in [0.1, 0.15) is 17.2 Å². The van der Waals surface area contributed by atoms with E-state index in [1.54, 1.807) is 24.3 Å². The van der Waals surface area contributed by atoms with E-state index in [-0.39, 0.29) is 24.1 Å². The Morgan fingerprint density at radius 3 is 1.85 bits per heavy atom. The van der Waals surface area contributed by atoms with Gasteiger partial charge < -0.3 is 14.2 Å². The minimum atomic E-state index is -0.131. The van der Waals surface area contributed by atoms with Crippen molar-refractivity contribution in [3.8, 4) is 17.2 Å². The molecule has 2 aromatic rings. The average molecular weight is 356 g/mol. The lowest BCUT2D eigenvalue weighted by Gasteiger charge is -2.18. The molecule has 0 radical (unpaired) electrons. The van der Waals surface area contributed by atoms with Gasteiger partial charge in [-0.05, 0) is 65.8 Å². The number of ketones is 1. The first-order chi connectivity index (χ1) is 12.3. The van der Waals surface area contributed by atoms with Gasteiger partial charge in [-0.15, -0.1) is 0 Å². The Morgan fingerprint density at radius 2 is 1.23 bits per heavy atom. The fourth-order valence-electron chi connectivity index (χ4n) is 2.54. The van der Waals surface area contributed by atoms with Crippen LogP contribution in [-0.2, 0) is 0 Å². The zero-order valence-electron chi connectivity index (χ0n) is 16.4. The minimum Gasteiger partial charge on any atom is -0.491 e. The number of carbonyl (C=O) groups excluding carboxylic acids is 1. The zero-order valence-corrected chi connectivity index (χ0v) is 16.4. The Balaban J connectivity index is 2.45. The van der Waals surface area contributed by atoms with Gasteiger partial charge in [-0.2, -0.15) is 0 Å². The lowest BCUT2D eigenvalue weighted by atomic mass is 10.0. The van der Waals surface area contributed by atoms with E-state index in [9.17, 15) is 4.79 Å². The summed E-state index contributed by atoms with van der Waals surface area (Å²) in [4.78, 5) is 13.2. The highest BCUT2D eigenvalue weighted by atomic mass is 16.5. The van der Waals surface area contributed by atoms with E-state index in [0.29, 0.717) is 28.4 Å². The number of rotatable bonds is 8. The maximum Gasteiger partial charge on any atom is 0.200 e. The molecule has 0 unspecified atom stereocenters. The molecule has 2 aromatic carbocycles. The van der Waals surface area contributed by atoms with Gasteiger partial charge in [0.05, 0.1) is 29.4 Å². The van der Waals surface area contributed by atoms with Crippen molar-refractivity contribution < 1.29 is 19.0 Å². The molecule has 0 N–H and O–H groups in total. The Kier molecular flexibility index (Phi) is 6.67. The largest absolute Gasteiger partial charge is 0.491 e. The Bertz CT molecular complexity index is 748. The monoisotopic (exact) mass is 356 g/mol. The van der Waals surface area contributed by atoms with Crippen LogP contribution in [0.15, 0.2) is 42.5 Å². The van der Waals surface area contributed by atoms with Crippen LogP contribution in [0.5, 0.6) is 17.2 Å². The highest BCUT2D eigenvalue weighted by molar-refractivity contribution is 6.12. The second-order valence-corrected chi connectivity index (χ2v) is 6.98. The molecule has 0 fully saturated rings. The number of hydrogen-bond acceptors (Lipinski definition) is 4. The summed E-state index contributed by atoms with van der Waals surface area (Å²) in [6.07, 6.45) is -0.0289. The zero-order chi connectivity index (χ0) is 19.3. The molecule has 0 saturated heterocycles. The fraction of sp³-hybridized carbons (Fsp3) is 0.409. The number of hydrogen-bond donors (Lipinski definition) is 0. The standard InChI is InChI=1S/C22H28O4/c1-14(2)24-17-11-12-19(21(13-17)26-16(5)6)22(23)18-9-7-8-10-20(18)25-15(3)4/h7-16H,1-6H3. The summed E-state index contributed by atoms with van der Waals surface area (Å²) in [5, 5.41) is 0. The molecule has 140 valence electrons. The number of benzene rings is 2. The quantitative estimate of drug-likeness (QED) is 0.604. The SMILES string of the molecule is CC(C)Oc1ccc(C(=O)c2ccccc2OC(C)C)c(OC(C)C)c1. The second-order valence-electron chi connectivity index (χ2n) is 6.98. The molecule has 0 bridgehead atoms. The number of para-hydroxylation sites is 1. The summed E-state index contributed by atoms with van der Waals surface area (Å²) in [5.41, 5.74) is 1.02. The first-order valence-electron chi connectivity index (χ1n) is 9.05. The topological polar surface area (TPSA) is 44.8 Å². The molecule has 0 atom stereocenters. The van der Waals surface area contributed by atoms with Crippen molar-refractivity contribution in [1.82, 2.24) is 0 Å². The third-order valence-corrected chi connectivity index (χ3v) is 3.43. The van der Waals surface area contributed by atoms with Gasteiger partial charge in [0, 0.05) is 6.07 Å². The van der Waals surface area contributed by atoms with E-state index in [1.807, 2.05) is 59.7 Å². The number of carbonyl (C=O) groups is 1. The van der Waals surface area contributed by atoms with Gasteiger partial charge in [-0.1, -0.05) is 12.1 Å². The van der Waals surface area contributed by atoms with Gasteiger partial charge in [0.15, 0.2) is 5.78 Å². The predicted octanol–water partition coefficient (Wildman–Crippen LogP) is 5.28. The summed E-state index contributed by atoms with van der Waals surface area (Å²) in [7, 11) is 0. The van der Waals surface area contributed by atoms with Crippen LogP contribution >= 0.6 is 0 Å². The average Bonchev–Trinajstić information content (AvgIpc) is 2.53. The van der Waals surface area contributed by atoms with E-state index in [1.165, 1.54) is 0 Å². The normalized spacial score (nSPS) is 11.1. The molecule has 0 aliphatic rings. The van der Waals surface area contributed by atoms with Crippen LogP contribution in [0.1, 0.15) is 57.5 Å². The van der Waals surface area contributed by atoms with Gasteiger partial charge >= 0.3 is 0 Å². The molecular formula is C22H28O4. The molecule has 0 amide bonds. The van der Waals surface area contributed by atoms with Crippen LogP contribution < -0.4 is 14.2 Å². The Hall–Kier alpha value is -2.49. The smallest absolute Gasteiger partial charge is 0.200 e. The van der Waals surface area contributed by atoms with Crippen molar-refractivity contribution in [2.24, 2.45) is 0 Å². The third-order valence-electron chi connectivity index (χ3n) is 3.43. The molecular weight excluding hydrogens is 328 g/mol. The molecule has 0 aliphatic carbocycles. The molecule has 4 heteroatoms. The molecule has 26 heavy (non-hydrogen) atoms. The fourth-order valence-corrected chi connectivity index (χ4v) is 2.54. The van der Waals surface area contributed by atoms with E-state index in [4.69, 9.17) is 14.2 Å². The first-order valence-corrected chi connectivity index (χ1v) is 9.05. The minimum absolute atomic E-state index is 0.0165. The van der Waals surface area contributed by atoms with Crippen LogP contribution in [0.4, 0.5) is 0 Å². The van der Waals surface area contributed by atoms with Crippen LogP contribution in [-0.4, -0.2) is 24.1 Å². The Morgan fingerprint density at radius 1 is 0.692 bits per heavy atom. The third kappa shape index (κ3) is 5.25. The van der Waals surface area contributed by atoms with Gasteiger partial charge in [-0.25, -0.2) is 0 Å². The lowest BCUT2D eigenvalue weighted by molar-refractivity contribution is 0.102. The van der Waals surface area contributed by atoms with Crippen molar-refractivity contribution in [3.63, 3.8) is 0 Å². The summed E-state index contributed by atoms with van der Waals surface area (Å²) in [5.74, 6) is 1.64. The summed E-state index contributed by atoms with van der Waals surface area (Å²) < 4.78 is 17.4. The van der Waals surface area contributed by atoms with Crippen LogP contribution in [0.3, 0.4) is 0 Å². The predicted molar refractivity (Wildman–Crippen MR) is 104 cm³/mol. The van der Waals surface area contributed by atoms with Gasteiger partial charge in [0.2, 0.25) is 0 Å². The van der Waals surface area contributed by atoms with E-state index in [0.717, 1.165) is 0 Å². The van der Waals surface area contributed by atoms with Gasteiger partial charge in [0.25, 0.3) is 0 Å². The maximum atomic E-state index is 13.2. The van der Waals surface area contributed by atoms with Crippen molar-refractivity contribution in [2.75, 3.05) is 0 Å². The number of ether oxygens (including phenoxy) is 3. The van der Waals surface area contributed by atoms with Crippen molar-refractivity contribution in [1.29, 1.82) is 0 Å². The molecule has 0 aromatic heterocycles. The summed E-state index contributed by atoms with van der Waals surface area (Å²) in [6, 6.07) is 12.6. The molecule has 0 heterocycles. The van der Waals surface area contributed by atoms with Crippen LogP contribution in [0.25, 0.3) is 0 Å². The second kappa shape index (κ2) is 8.75. The molecule has 0 aliphatic heterocycles. The van der Waals surface area contributed by atoms with Crippen molar-refractivity contribution >= 4 is 5.78 Å². The highest BCUT2D eigenvalue weighted by Crippen LogP contribution is 2.31. The molecule has 0 spiro atoms. The van der Waals surface area contributed by atoms with E-state index < -0.39 is 0 Å². The molecule has 2 rings (SSSR count).